The Balaban J connectivity index is 1.40. The standard InChI is InChI=1S/C24H27N3O3S/c28-22(25-15-18-9-3-1-4-10-18)16-27-21-14-8-7-13-20(21)26-24(27)31-17-23(29)30-19-11-5-2-6-12-19/h1,3-4,7-10,13-14,19H,2,5-6,11-12,15-17H2,(H,25,28). The van der Waals surface area contributed by atoms with E-state index in [1.54, 1.807) is 0 Å². The summed E-state index contributed by atoms with van der Waals surface area (Å²) in [5.41, 5.74) is 2.73. The molecule has 1 N–H and O–H groups in total. The summed E-state index contributed by atoms with van der Waals surface area (Å²) in [4.78, 5) is 29.6. The molecular formula is C24H27N3O3S. The van der Waals surface area contributed by atoms with Crippen LogP contribution in [-0.2, 0) is 27.4 Å². The van der Waals surface area contributed by atoms with Crippen LogP contribution in [0.4, 0.5) is 0 Å². The highest BCUT2D eigenvalue weighted by atomic mass is 32.2. The zero-order chi connectivity index (χ0) is 21.5. The van der Waals surface area contributed by atoms with Crippen molar-refractivity contribution >= 4 is 34.7 Å². The molecule has 1 aromatic heterocycles. The minimum Gasteiger partial charge on any atom is -0.462 e. The normalized spacial score (nSPS) is 14.5. The number of amides is 1. The van der Waals surface area contributed by atoms with Gasteiger partial charge in [0.15, 0.2) is 5.16 Å². The number of carbonyl (C=O) groups is 2. The Morgan fingerprint density at radius 1 is 1.03 bits per heavy atom. The summed E-state index contributed by atoms with van der Waals surface area (Å²) >= 11 is 1.32. The number of thioether (sulfide) groups is 1. The first-order valence-electron chi connectivity index (χ1n) is 10.8. The Labute approximate surface area is 186 Å². The van der Waals surface area contributed by atoms with Crippen LogP contribution in [0.5, 0.6) is 0 Å². The fourth-order valence-corrected chi connectivity index (χ4v) is 4.64. The van der Waals surface area contributed by atoms with E-state index < -0.39 is 0 Å². The van der Waals surface area contributed by atoms with Crippen LogP contribution in [0.1, 0.15) is 37.7 Å². The van der Waals surface area contributed by atoms with Crippen LogP contribution in [0.2, 0.25) is 0 Å². The number of rotatable bonds is 8. The molecule has 0 atom stereocenters. The summed E-state index contributed by atoms with van der Waals surface area (Å²) in [5, 5.41) is 3.61. The van der Waals surface area contributed by atoms with Gasteiger partial charge in [-0.3, -0.25) is 9.59 Å². The van der Waals surface area contributed by atoms with E-state index in [4.69, 9.17) is 4.74 Å². The number of hydrogen-bond donors (Lipinski definition) is 1. The highest BCUT2D eigenvalue weighted by Crippen LogP contribution is 2.25. The maximum absolute atomic E-state index is 12.6. The van der Waals surface area contributed by atoms with Gasteiger partial charge >= 0.3 is 5.97 Å². The Morgan fingerprint density at radius 3 is 2.58 bits per heavy atom. The Kier molecular flexibility index (Phi) is 7.25. The van der Waals surface area contributed by atoms with Gasteiger partial charge in [-0.15, -0.1) is 0 Å². The van der Waals surface area contributed by atoms with E-state index in [0.29, 0.717) is 11.7 Å². The molecule has 7 heteroatoms. The molecule has 0 bridgehead atoms. The molecule has 4 rings (SSSR count). The number of ether oxygens (including phenoxy) is 1. The third kappa shape index (κ3) is 5.88. The molecule has 1 fully saturated rings. The number of aromatic nitrogens is 2. The lowest BCUT2D eigenvalue weighted by Crippen LogP contribution is -2.27. The quantitative estimate of drug-likeness (QED) is 0.420. The summed E-state index contributed by atoms with van der Waals surface area (Å²) in [7, 11) is 0. The van der Waals surface area contributed by atoms with Gasteiger partial charge in [-0.25, -0.2) is 4.98 Å². The van der Waals surface area contributed by atoms with Gasteiger partial charge in [0.25, 0.3) is 0 Å². The molecule has 0 spiro atoms. The van der Waals surface area contributed by atoms with Gasteiger partial charge in [-0.1, -0.05) is 60.6 Å². The summed E-state index contributed by atoms with van der Waals surface area (Å²) in [6.07, 6.45) is 5.42. The Morgan fingerprint density at radius 2 is 1.77 bits per heavy atom. The molecule has 1 heterocycles. The number of nitrogens with zero attached hydrogens (tertiary/aromatic N) is 2. The molecule has 2 aromatic carbocycles. The maximum Gasteiger partial charge on any atom is 0.316 e. The molecule has 0 radical (unpaired) electrons. The zero-order valence-corrected chi connectivity index (χ0v) is 18.3. The van der Waals surface area contributed by atoms with E-state index in [2.05, 4.69) is 10.3 Å². The predicted molar refractivity (Wildman–Crippen MR) is 122 cm³/mol. The molecule has 6 nitrogen and oxygen atoms in total. The SMILES string of the molecule is O=C(Cn1c(SCC(=O)OC2CCCCC2)nc2ccccc21)NCc1ccccc1. The Hall–Kier alpha value is -2.80. The van der Waals surface area contributed by atoms with Crippen LogP contribution < -0.4 is 5.32 Å². The lowest BCUT2D eigenvalue weighted by Gasteiger charge is -2.21. The molecule has 1 saturated carbocycles. The number of esters is 1. The van der Waals surface area contributed by atoms with E-state index >= 15 is 0 Å². The number of imidazole rings is 1. The topological polar surface area (TPSA) is 73.2 Å². The van der Waals surface area contributed by atoms with Crippen molar-refractivity contribution in [3.8, 4) is 0 Å². The molecule has 3 aromatic rings. The summed E-state index contributed by atoms with van der Waals surface area (Å²) < 4.78 is 7.49. The van der Waals surface area contributed by atoms with Gasteiger partial charge in [-0.2, -0.15) is 0 Å². The van der Waals surface area contributed by atoms with Gasteiger partial charge in [0.1, 0.15) is 12.6 Å². The third-order valence-corrected chi connectivity index (χ3v) is 6.37. The predicted octanol–water partition coefficient (Wildman–Crippen LogP) is 4.32. The first kappa shape index (κ1) is 21.4. The largest absolute Gasteiger partial charge is 0.462 e. The van der Waals surface area contributed by atoms with Crippen LogP contribution >= 0.6 is 11.8 Å². The Bertz CT molecular complexity index is 1030. The van der Waals surface area contributed by atoms with E-state index in [1.807, 2.05) is 59.2 Å². The average molecular weight is 438 g/mol. The van der Waals surface area contributed by atoms with Crippen LogP contribution in [0, 0.1) is 0 Å². The van der Waals surface area contributed by atoms with Crippen LogP contribution in [-0.4, -0.2) is 33.3 Å². The van der Waals surface area contributed by atoms with Crippen molar-refractivity contribution in [3.05, 3.63) is 60.2 Å². The highest BCUT2D eigenvalue weighted by Gasteiger charge is 2.20. The van der Waals surface area contributed by atoms with Gasteiger partial charge in [0.2, 0.25) is 5.91 Å². The van der Waals surface area contributed by atoms with Crippen molar-refractivity contribution in [1.82, 2.24) is 14.9 Å². The van der Waals surface area contributed by atoms with Crippen molar-refractivity contribution in [2.75, 3.05) is 5.75 Å². The first-order valence-corrected chi connectivity index (χ1v) is 11.8. The molecular weight excluding hydrogens is 410 g/mol. The number of benzene rings is 2. The molecule has 1 amide bonds. The maximum atomic E-state index is 12.6. The molecule has 1 aliphatic rings. The van der Waals surface area contributed by atoms with E-state index in [9.17, 15) is 9.59 Å². The second-order valence-corrected chi connectivity index (χ2v) is 8.71. The number of hydrogen-bond acceptors (Lipinski definition) is 5. The average Bonchev–Trinajstić information content (AvgIpc) is 3.15. The zero-order valence-electron chi connectivity index (χ0n) is 17.5. The van der Waals surface area contributed by atoms with E-state index in [1.165, 1.54) is 18.2 Å². The second kappa shape index (κ2) is 10.5. The van der Waals surface area contributed by atoms with Crippen LogP contribution in [0.25, 0.3) is 11.0 Å². The van der Waals surface area contributed by atoms with E-state index in [-0.39, 0.29) is 30.3 Å². The minimum absolute atomic E-state index is 0.0458. The number of fused-ring (bicyclic) bond motifs is 1. The summed E-state index contributed by atoms with van der Waals surface area (Å²) in [6.45, 7) is 0.621. The summed E-state index contributed by atoms with van der Waals surface area (Å²) in [6, 6.07) is 17.5. The molecule has 0 saturated heterocycles. The van der Waals surface area contributed by atoms with Gasteiger partial charge < -0.3 is 14.6 Å². The smallest absolute Gasteiger partial charge is 0.316 e. The van der Waals surface area contributed by atoms with Gasteiger partial charge in [0.05, 0.1) is 16.8 Å². The third-order valence-electron chi connectivity index (χ3n) is 5.42. The van der Waals surface area contributed by atoms with Crippen molar-refractivity contribution in [3.63, 3.8) is 0 Å². The monoisotopic (exact) mass is 437 g/mol. The lowest BCUT2D eigenvalue weighted by atomic mass is 9.98. The van der Waals surface area contributed by atoms with Crippen molar-refractivity contribution < 1.29 is 14.3 Å². The number of carbonyl (C=O) groups excluding carboxylic acids is 2. The van der Waals surface area contributed by atoms with Crippen molar-refractivity contribution in [1.29, 1.82) is 0 Å². The van der Waals surface area contributed by atoms with E-state index in [0.717, 1.165) is 42.3 Å². The van der Waals surface area contributed by atoms with Gasteiger partial charge in [0, 0.05) is 6.54 Å². The lowest BCUT2D eigenvalue weighted by molar-refractivity contribution is -0.147. The fourth-order valence-electron chi connectivity index (χ4n) is 3.84. The summed E-state index contributed by atoms with van der Waals surface area (Å²) in [5.74, 6) is -0.131. The van der Waals surface area contributed by atoms with Crippen molar-refractivity contribution in [2.24, 2.45) is 0 Å². The van der Waals surface area contributed by atoms with Gasteiger partial charge in [-0.05, 0) is 43.4 Å². The number of nitrogens with one attached hydrogen (secondary N) is 1. The second-order valence-electron chi connectivity index (χ2n) is 7.77. The molecule has 162 valence electrons. The molecule has 0 aliphatic heterocycles. The fraction of sp³-hybridized carbons (Fsp3) is 0.375. The van der Waals surface area contributed by atoms with Crippen molar-refractivity contribution in [2.45, 2.75) is 56.5 Å². The van der Waals surface area contributed by atoms with Crippen LogP contribution in [0.15, 0.2) is 59.8 Å². The first-order chi connectivity index (χ1) is 15.2. The molecule has 31 heavy (non-hydrogen) atoms. The highest BCUT2D eigenvalue weighted by molar-refractivity contribution is 7.99. The molecule has 0 unspecified atom stereocenters. The van der Waals surface area contributed by atoms with Crippen LogP contribution in [0.3, 0.4) is 0 Å². The number of para-hydroxylation sites is 2. The minimum atomic E-state index is -0.218. The molecule has 1 aliphatic carbocycles.